The van der Waals surface area contributed by atoms with Gasteiger partial charge in [-0.15, -0.1) is 0 Å². The Labute approximate surface area is 126 Å². The van der Waals surface area contributed by atoms with Crippen LogP contribution in [0.2, 0.25) is 0 Å². The minimum Gasteiger partial charge on any atom is -0.367 e. The number of aliphatic hydroxyl groups is 1. The molecule has 1 saturated carbocycles. The van der Waals surface area contributed by atoms with E-state index >= 15 is 0 Å². The van der Waals surface area contributed by atoms with Crippen molar-refractivity contribution in [3.05, 3.63) is 0 Å². The smallest absolute Gasteiger partial charge is 0.270 e. The van der Waals surface area contributed by atoms with Crippen LogP contribution >= 0.6 is 22.6 Å². The van der Waals surface area contributed by atoms with Crippen molar-refractivity contribution in [3.63, 3.8) is 0 Å². The van der Waals surface area contributed by atoms with E-state index in [0.717, 1.165) is 6.54 Å². The Bertz CT molecular complexity index is 464. The van der Waals surface area contributed by atoms with Crippen LogP contribution in [0.5, 0.6) is 0 Å². The molecule has 6 nitrogen and oxygen atoms in total. The number of ether oxygens (including phenoxy) is 1. The first-order valence-corrected chi connectivity index (χ1v) is 9.03. The Balaban J connectivity index is 1.65. The second-order valence-corrected chi connectivity index (χ2v) is 9.87. The summed E-state index contributed by atoms with van der Waals surface area (Å²) >= 11 is 2.19. The molecule has 2 aliphatic heterocycles. The number of rotatable bonds is 4. The lowest BCUT2D eigenvalue weighted by atomic mass is 9.94. The number of hydrogen-bond donors (Lipinski definition) is 2. The molecular formula is C11H18INO5S. The molecule has 3 aliphatic rings. The predicted molar refractivity (Wildman–Crippen MR) is 76.5 cm³/mol. The second kappa shape index (κ2) is 4.77. The highest BCUT2D eigenvalue weighted by atomic mass is 127. The molecule has 0 radical (unpaired) electrons. The number of hydrogen-bond acceptors (Lipinski definition) is 6. The van der Waals surface area contributed by atoms with E-state index in [-0.39, 0.29) is 17.4 Å². The maximum Gasteiger partial charge on any atom is 0.270 e. The topological polar surface area (TPSA) is 94.8 Å². The molecule has 6 unspecified atom stereocenters. The molecule has 0 aromatic carbocycles. The summed E-state index contributed by atoms with van der Waals surface area (Å²) in [5.74, 6) is 0. The lowest BCUT2D eigenvalue weighted by Gasteiger charge is -2.33. The fourth-order valence-corrected chi connectivity index (χ4v) is 4.91. The first-order chi connectivity index (χ1) is 8.80. The van der Waals surface area contributed by atoms with E-state index in [0.29, 0.717) is 19.3 Å². The van der Waals surface area contributed by atoms with Crippen molar-refractivity contribution in [3.8, 4) is 0 Å². The van der Waals surface area contributed by atoms with Gasteiger partial charge in [0.05, 0.1) is 14.8 Å². The number of nitrogens with one attached hydrogen (secondary N) is 1. The van der Waals surface area contributed by atoms with Crippen LogP contribution in [0.1, 0.15) is 26.2 Å². The zero-order chi connectivity index (χ0) is 13.8. The molecule has 6 atom stereocenters. The lowest BCUT2D eigenvalue weighted by Crippen LogP contribution is -2.46. The van der Waals surface area contributed by atoms with Crippen molar-refractivity contribution in [1.82, 2.24) is 5.32 Å². The van der Waals surface area contributed by atoms with Crippen LogP contribution in [-0.2, 0) is 19.0 Å². The van der Waals surface area contributed by atoms with Crippen LogP contribution < -0.4 is 5.32 Å². The Morgan fingerprint density at radius 1 is 1.53 bits per heavy atom. The van der Waals surface area contributed by atoms with E-state index in [1.807, 2.05) is 6.92 Å². The van der Waals surface area contributed by atoms with Crippen molar-refractivity contribution in [2.75, 3.05) is 6.54 Å². The number of aliphatic hydroxyl groups excluding tert-OH is 1. The van der Waals surface area contributed by atoms with Crippen molar-refractivity contribution in [1.29, 1.82) is 0 Å². The van der Waals surface area contributed by atoms with E-state index in [9.17, 15) is 13.5 Å². The van der Waals surface area contributed by atoms with Crippen molar-refractivity contribution >= 4 is 32.7 Å². The molecule has 8 heteroatoms. The second-order valence-electron chi connectivity index (χ2n) is 5.70. The van der Waals surface area contributed by atoms with E-state index in [4.69, 9.17) is 8.92 Å². The molecule has 1 aliphatic carbocycles. The number of alkyl halides is 1. The van der Waals surface area contributed by atoms with Crippen molar-refractivity contribution < 1.29 is 22.4 Å². The molecule has 2 saturated heterocycles. The van der Waals surface area contributed by atoms with Crippen LogP contribution in [0.25, 0.3) is 0 Å². The molecule has 0 aromatic rings. The highest BCUT2D eigenvalue weighted by Crippen LogP contribution is 2.39. The summed E-state index contributed by atoms with van der Waals surface area (Å²) < 4.78 is 33.7. The maximum atomic E-state index is 11.6. The molecule has 0 amide bonds. The van der Waals surface area contributed by atoms with Crippen molar-refractivity contribution in [2.24, 2.45) is 0 Å². The van der Waals surface area contributed by atoms with Gasteiger partial charge in [-0.2, -0.15) is 8.42 Å². The SMILES string of the molecule is CC(I)(C1CN1)C(O)OC1CCC2CC1OS2(=O)=O. The zero-order valence-corrected chi connectivity index (χ0v) is 13.6. The normalized spacial score (nSPS) is 44.6. The van der Waals surface area contributed by atoms with Gasteiger partial charge in [-0.1, -0.05) is 22.6 Å². The molecule has 0 aromatic heterocycles. The summed E-state index contributed by atoms with van der Waals surface area (Å²) in [7, 11) is -3.41. The Hall–Kier alpha value is 0.520. The summed E-state index contributed by atoms with van der Waals surface area (Å²) in [6, 6.07) is 0.243. The largest absolute Gasteiger partial charge is 0.367 e. The fraction of sp³-hybridized carbons (Fsp3) is 1.00. The molecule has 2 heterocycles. The molecule has 2 N–H and O–H groups in total. The van der Waals surface area contributed by atoms with E-state index < -0.39 is 25.9 Å². The first kappa shape index (κ1) is 14.5. The van der Waals surface area contributed by atoms with Gasteiger partial charge >= 0.3 is 0 Å². The number of halogens is 1. The first-order valence-electron chi connectivity index (χ1n) is 6.48. The average molecular weight is 403 g/mol. The lowest BCUT2D eigenvalue weighted by molar-refractivity contribution is -0.174. The summed E-state index contributed by atoms with van der Waals surface area (Å²) in [6.45, 7) is 2.81. The van der Waals surface area contributed by atoms with Crippen LogP contribution in [0, 0.1) is 0 Å². The number of fused-ring (bicyclic) bond motifs is 2. The van der Waals surface area contributed by atoms with Gasteiger partial charge < -0.3 is 15.2 Å². The van der Waals surface area contributed by atoms with E-state index in [2.05, 4.69) is 27.9 Å². The highest BCUT2D eigenvalue weighted by molar-refractivity contribution is 14.1. The predicted octanol–water partition coefficient (Wildman–Crippen LogP) is 0.137. The summed E-state index contributed by atoms with van der Waals surface area (Å²) in [4.78, 5) is 0. The Morgan fingerprint density at radius 3 is 2.84 bits per heavy atom. The van der Waals surface area contributed by atoms with Crippen molar-refractivity contribution in [2.45, 2.75) is 59.4 Å². The van der Waals surface area contributed by atoms with Gasteiger partial charge in [0.2, 0.25) is 0 Å². The van der Waals surface area contributed by atoms with Gasteiger partial charge in [0, 0.05) is 12.6 Å². The third kappa shape index (κ3) is 2.67. The van der Waals surface area contributed by atoms with Crippen LogP contribution in [0.3, 0.4) is 0 Å². The summed E-state index contributed by atoms with van der Waals surface area (Å²) in [6.07, 6.45) is -0.0401. The van der Waals surface area contributed by atoms with Gasteiger partial charge in [-0.3, -0.25) is 4.18 Å². The standard InChI is InChI=1S/C11H18INO5S/c1-11(12,9-5-13-9)10(14)17-7-3-2-6-4-8(7)18-19(6,15)16/h6-10,13-14H,2-5H2,1H3. The quantitative estimate of drug-likeness (QED) is 0.228. The Kier molecular flexibility index (Phi) is 3.63. The fourth-order valence-electron chi connectivity index (χ4n) is 2.76. The molecule has 0 spiro atoms. The zero-order valence-electron chi connectivity index (χ0n) is 10.6. The van der Waals surface area contributed by atoms with Gasteiger partial charge in [-0.05, 0) is 26.2 Å². The highest BCUT2D eigenvalue weighted by Gasteiger charge is 2.51. The minimum absolute atomic E-state index is 0.243. The molecule has 3 fully saturated rings. The third-order valence-electron chi connectivity index (χ3n) is 4.23. The van der Waals surface area contributed by atoms with E-state index in [1.165, 1.54) is 0 Å². The maximum absolute atomic E-state index is 11.6. The monoisotopic (exact) mass is 403 g/mol. The average Bonchev–Trinajstić information content (AvgIpc) is 3.11. The summed E-state index contributed by atoms with van der Waals surface area (Å²) in [5.41, 5.74) is 0. The summed E-state index contributed by atoms with van der Waals surface area (Å²) in [5, 5.41) is 13.0. The van der Waals surface area contributed by atoms with Gasteiger partial charge in [0.15, 0.2) is 6.29 Å². The van der Waals surface area contributed by atoms with E-state index in [1.54, 1.807) is 0 Å². The molecular weight excluding hydrogens is 385 g/mol. The molecule has 3 rings (SSSR count). The van der Waals surface area contributed by atoms with Gasteiger partial charge in [-0.25, -0.2) is 0 Å². The third-order valence-corrected chi connectivity index (χ3v) is 7.27. The molecule has 2 bridgehead atoms. The van der Waals surface area contributed by atoms with Gasteiger partial charge in [0.1, 0.15) is 6.10 Å². The molecule has 110 valence electrons. The minimum atomic E-state index is -3.41. The Morgan fingerprint density at radius 2 is 2.21 bits per heavy atom. The van der Waals surface area contributed by atoms with Crippen LogP contribution in [0.15, 0.2) is 0 Å². The molecule has 19 heavy (non-hydrogen) atoms. The van der Waals surface area contributed by atoms with Crippen LogP contribution in [-0.4, -0.2) is 53.3 Å². The van der Waals surface area contributed by atoms with Gasteiger partial charge in [0.25, 0.3) is 10.1 Å². The van der Waals surface area contributed by atoms with Crippen LogP contribution in [0.4, 0.5) is 0 Å².